The molecule has 6 nitrogen and oxygen atoms in total. The number of aliphatic hydroxyl groups is 1. The number of methoxy groups -OCH3 is 1. The van der Waals surface area contributed by atoms with Crippen LogP contribution in [0.3, 0.4) is 0 Å². The first-order chi connectivity index (χ1) is 17.5. The molecule has 2 atom stereocenters. The maximum absolute atomic E-state index is 15.4. The number of rotatable bonds is 8. The van der Waals surface area contributed by atoms with Crippen molar-refractivity contribution in [1.29, 1.82) is 0 Å². The van der Waals surface area contributed by atoms with Crippen molar-refractivity contribution in [1.82, 2.24) is 15.0 Å². The number of aromatic nitrogens is 3. The number of halogens is 5. The van der Waals surface area contributed by atoms with E-state index in [2.05, 4.69) is 20.3 Å². The highest BCUT2D eigenvalue weighted by molar-refractivity contribution is 7.99. The first kappa shape index (κ1) is 26.6. The van der Waals surface area contributed by atoms with Gasteiger partial charge in [-0.3, -0.25) is 4.98 Å². The number of fused-ring (bicyclic) bond motifs is 1. The molecule has 0 aliphatic carbocycles. The van der Waals surface area contributed by atoms with Gasteiger partial charge >= 0.3 is 6.18 Å². The largest absolute Gasteiger partial charge is 0.491 e. The highest BCUT2D eigenvalue weighted by atomic mass is 32.2. The van der Waals surface area contributed by atoms with E-state index in [1.807, 2.05) is 0 Å². The zero-order valence-electron chi connectivity index (χ0n) is 19.6. The number of anilines is 1. The van der Waals surface area contributed by atoms with E-state index in [4.69, 9.17) is 4.74 Å². The molecule has 37 heavy (non-hydrogen) atoms. The Morgan fingerprint density at radius 2 is 1.76 bits per heavy atom. The van der Waals surface area contributed by atoms with Crippen LogP contribution in [0.1, 0.15) is 17.3 Å². The minimum atomic E-state index is -5.26. The molecule has 0 fully saturated rings. The van der Waals surface area contributed by atoms with Crippen LogP contribution in [0.4, 0.5) is 27.6 Å². The summed E-state index contributed by atoms with van der Waals surface area (Å²) in [4.78, 5) is 12.1. The minimum Gasteiger partial charge on any atom is -0.491 e. The second-order valence-electron chi connectivity index (χ2n) is 8.13. The van der Waals surface area contributed by atoms with Gasteiger partial charge in [-0.05, 0) is 43.3 Å². The zero-order chi connectivity index (χ0) is 26.8. The maximum Gasteiger partial charge on any atom is 0.420 e. The van der Waals surface area contributed by atoms with E-state index in [0.717, 1.165) is 19.2 Å². The Hall–Kier alpha value is -3.51. The summed E-state index contributed by atoms with van der Waals surface area (Å²) in [5, 5.41) is 14.4. The number of nitrogens with one attached hydrogen (secondary N) is 1. The second kappa shape index (κ2) is 10.5. The molecule has 2 aromatic carbocycles. The molecule has 4 aromatic rings. The first-order valence-corrected chi connectivity index (χ1v) is 11.9. The summed E-state index contributed by atoms with van der Waals surface area (Å²) in [5.41, 5.74) is -2.91. The predicted molar refractivity (Wildman–Crippen MR) is 130 cm³/mol. The molecule has 0 aliphatic rings. The van der Waals surface area contributed by atoms with Crippen molar-refractivity contribution in [2.45, 2.75) is 29.9 Å². The number of hydrogen-bond acceptors (Lipinski definition) is 7. The Morgan fingerprint density at radius 3 is 2.43 bits per heavy atom. The lowest BCUT2D eigenvalue weighted by molar-refractivity contribution is -0.256. The third-order valence-corrected chi connectivity index (χ3v) is 6.75. The van der Waals surface area contributed by atoms with Crippen molar-refractivity contribution >= 4 is 28.4 Å². The molecule has 194 valence electrons. The number of benzene rings is 2. The number of thioether (sulfide) groups is 1. The molecular weight excluding hydrogens is 515 g/mol. The molecule has 2 aromatic heterocycles. The van der Waals surface area contributed by atoms with Gasteiger partial charge in [0.1, 0.15) is 0 Å². The van der Waals surface area contributed by atoms with Crippen LogP contribution < -0.4 is 10.1 Å². The van der Waals surface area contributed by atoms with Gasteiger partial charge in [-0.15, -0.1) is 0 Å². The van der Waals surface area contributed by atoms with Crippen molar-refractivity contribution in [3.63, 3.8) is 0 Å². The molecule has 0 saturated heterocycles. The minimum absolute atomic E-state index is 0.0223. The number of ether oxygens (including phenoxy) is 1. The molecule has 4 rings (SSSR count). The van der Waals surface area contributed by atoms with Crippen molar-refractivity contribution in [2.75, 3.05) is 18.2 Å². The van der Waals surface area contributed by atoms with Gasteiger partial charge in [-0.25, -0.2) is 18.7 Å². The summed E-state index contributed by atoms with van der Waals surface area (Å²) in [6.45, 7) is 1.76. The quantitative estimate of drug-likeness (QED) is 0.166. The topological polar surface area (TPSA) is 80.2 Å². The molecule has 0 radical (unpaired) electrons. The van der Waals surface area contributed by atoms with Crippen molar-refractivity contribution in [2.24, 2.45) is 0 Å². The maximum atomic E-state index is 15.4. The van der Waals surface area contributed by atoms with E-state index in [0.29, 0.717) is 28.4 Å². The van der Waals surface area contributed by atoms with E-state index in [-0.39, 0.29) is 10.8 Å². The molecule has 2 unspecified atom stereocenters. The highest BCUT2D eigenvalue weighted by Crippen LogP contribution is 2.46. The lowest BCUT2D eigenvalue weighted by Crippen LogP contribution is -2.55. The van der Waals surface area contributed by atoms with E-state index in [9.17, 15) is 22.7 Å². The predicted octanol–water partition coefficient (Wildman–Crippen LogP) is 5.86. The van der Waals surface area contributed by atoms with Crippen molar-refractivity contribution in [3.05, 3.63) is 83.8 Å². The van der Waals surface area contributed by atoms with E-state index < -0.39 is 46.5 Å². The van der Waals surface area contributed by atoms with Crippen LogP contribution in [0.15, 0.2) is 66.1 Å². The fourth-order valence-corrected chi connectivity index (χ4v) is 4.76. The Bertz CT molecular complexity index is 1410. The van der Waals surface area contributed by atoms with Gasteiger partial charge in [0.2, 0.25) is 0 Å². The summed E-state index contributed by atoms with van der Waals surface area (Å²) in [5.74, 6) is -4.35. The number of nitrogens with zero attached hydrogens (tertiary/aromatic N) is 3. The summed E-state index contributed by atoms with van der Waals surface area (Å²) in [7, 11) is 0.991. The molecule has 0 spiro atoms. The Morgan fingerprint density at radius 1 is 1.03 bits per heavy atom. The third-order valence-electron chi connectivity index (χ3n) is 5.70. The Balaban J connectivity index is 1.89. The second-order valence-corrected chi connectivity index (χ2v) is 9.07. The van der Waals surface area contributed by atoms with Gasteiger partial charge in [-0.2, -0.15) is 13.2 Å². The fraction of sp³-hybridized carbons (Fsp3) is 0.240. The SMILES string of the molecule is COc1c(F)ccc(C(Nc2cccc3nc(C)ccc23)C(O)(CSc2ncccn2)C(F)(F)F)c1F. The highest BCUT2D eigenvalue weighted by Gasteiger charge is 2.60. The number of alkyl halides is 3. The van der Waals surface area contributed by atoms with Crippen LogP contribution in [-0.4, -0.2) is 44.7 Å². The number of pyridine rings is 1. The summed E-state index contributed by atoms with van der Waals surface area (Å²) in [6.07, 6.45) is -2.58. The third kappa shape index (κ3) is 5.30. The van der Waals surface area contributed by atoms with Crippen LogP contribution in [-0.2, 0) is 0 Å². The average Bonchev–Trinajstić information content (AvgIpc) is 2.86. The molecule has 12 heteroatoms. The average molecular weight is 537 g/mol. The normalized spacial score (nSPS) is 14.3. The standard InChI is InChI=1S/C25H21F5N4O2S/c1-14-7-8-15-18(33-14)5-3-6-19(15)34-22(16-9-10-17(26)21(36-2)20(16)27)24(35,25(28,29)30)13-37-23-31-11-4-12-32-23/h3-12,22,34-35H,13H2,1-2H3. The van der Waals surface area contributed by atoms with Gasteiger partial charge < -0.3 is 15.2 Å². The zero-order valence-corrected chi connectivity index (χ0v) is 20.4. The molecule has 0 bridgehead atoms. The lowest BCUT2D eigenvalue weighted by Gasteiger charge is -2.39. The smallest absolute Gasteiger partial charge is 0.420 e. The Labute approximate surface area is 212 Å². The van der Waals surface area contributed by atoms with E-state index >= 15 is 4.39 Å². The summed E-state index contributed by atoms with van der Waals surface area (Å²) < 4.78 is 78.2. The van der Waals surface area contributed by atoms with Gasteiger partial charge in [0.25, 0.3) is 0 Å². The van der Waals surface area contributed by atoms with Crippen LogP contribution in [0.25, 0.3) is 10.9 Å². The van der Waals surface area contributed by atoms with E-state index in [1.165, 1.54) is 24.5 Å². The molecule has 0 aliphatic heterocycles. The summed E-state index contributed by atoms with van der Waals surface area (Å²) >= 11 is 0.540. The van der Waals surface area contributed by atoms with Gasteiger partial charge in [0, 0.05) is 40.5 Å². The lowest BCUT2D eigenvalue weighted by atomic mass is 9.88. The molecule has 2 heterocycles. The molecular formula is C25H21F5N4O2S. The van der Waals surface area contributed by atoms with Gasteiger partial charge in [-0.1, -0.05) is 23.9 Å². The van der Waals surface area contributed by atoms with Gasteiger partial charge in [0.15, 0.2) is 28.1 Å². The number of hydrogen-bond donors (Lipinski definition) is 2. The van der Waals surface area contributed by atoms with Crippen LogP contribution in [0.5, 0.6) is 5.75 Å². The van der Waals surface area contributed by atoms with Crippen molar-refractivity contribution < 1.29 is 31.8 Å². The van der Waals surface area contributed by atoms with E-state index in [1.54, 1.807) is 31.2 Å². The molecule has 2 N–H and O–H groups in total. The van der Waals surface area contributed by atoms with Gasteiger partial charge in [0.05, 0.1) is 18.7 Å². The number of aryl methyl sites for hydroxylation is 1. The van der Waals surface area contributed by atoms with Crippen LogP contribution >= 0.6 is 11.8 Å². The monoisotopic (exact) mass is 536 g/mol. The van der Waals surface area contributed by atoms with Crippen molar-refractivity contribution in [3.8, 4) is 5.75 Å². The van der Waals surface area contributed by atoms with Crippen LogP contribution in [0.2, 0.25) is 0 Å². The van der Waals surface area contributed by atoms with Crippen LogP contribution in [0, 0.1) is 18.6 Å². The fourth-order valence-electron chi connectivity index (χ4n) is 3.81. The molecule has 0 saturated carbocycles. The Kier molecular flexibility index (Phi) is 7.51. The summed E-state index contributed by atoms with van der Waals surface area (Å²) in [6, 6.07) is 9.02. The first-order valence-electron chi connectivity index (χ1n) is 10.9. The molecule has 0 amide bonds.